The molecule has 5 nitrogen and oxygen atoms in total. The van der Waals surface area contributed by atoms with Crippen molar-refractivity contribution in [1.29, 1.82) is 0 Å². The Labute approximate surface area is 163 Å². The fraction of sp³-hybridized carbons (Fsp3) is 0.364. The van der Waals surface area contributed by atoms with E-state index < -0.39 is 0 Å². The number of carbonyl (C=O) groups excluding carboxylic acids is 1. The standard InChI is InChI=1S/C22H23FN4O/c23-18-7-4-16(5-8-18)12-25-13-17-6-9-19(15-25)27(14-17)22(28)20-11-24-21-3-1-2-10-26(20)21/h1-5,7-8,10-11,17,19H,6,9,12-15H2/t17-,19+/m0/s1. The quantitative estimate of drug-likeness (QED) is 0.703. The van der Waals surface area contributed by atoms with Crippen molar-refractivity contribution in [1.82, 2.24) is 19.2 Å². The van der Waals surface area contributed by atoms with Crippen LogP contribution in [0.25, 0.3) is 5.65 Å². The Morgan fingerprint density at radius 2 is 1.93 bits per heavy atom. The first-order valence-corrected chi connectivity index (χ1v) is 9.87. The smallest absolute Gasteiger partial charge is 0.272 e. The van der Waals surface area contributed by atoms with Crippen LogP contribution in [0.1, 0.15) is 28.9 Å². The molecule has 3 aromatic rings. The number of pyridine rings is 1. The summed E-state index contributed by atoms with van der Waals surface area (Å²) in [4.78, 5) is 22.2. The van der Waals surface area contributed by atoms with E-state index in [-0.39, 0.29) is 17.8 Å². The summed E-state index contributed by atoms with van der Waals surface area (Å²) in [5.41, 5.74) is 2.54. The molecule has 0 unspecified atom stereocenters. The van der Waals surface area contributed by atoms with Gasteiger partial charge in [-0.1, -0.05) is 18.2 Å². The molecule has 2 atom stereocenters. The fourth-order valence-electron chi connectivity index (χ4n) is 4.64. The monoisotopic (exact) mass is 378 g/mol. The molecule has 2 aromatic heterocycles. The summed E-state index contributed by atoms with van der Waals surface area (Å²) in [5.74, 6) is 0.337. The summed E-state index contributed by atoms with van der Waals surface area (Å²) < 4.78 is 15.1. The molecule has 5 heterocycles. The lowest BCUT2D eigenvalue weighted by Gasteiger charge is -2.36. The van der Waals surface area contributed by atoms with Gasteiger partial charge in [0, 0.05) is 38.4 Å². The Balaban J connectivity index is 1.36. The average molecular weight is 378 g/mol. The fourth-order valence-corrected chi connectivity index (χ4v) is 4.64. The molecule has 144 valence electrons. The van der Waals surface area contributed by atoms with Gasteiger partial charge in [0.2, 0.25) is 0 Å². The number of hydrogen-bond donors (Lipinski definition) is 0. The van der Waals surface area contributed by atoms with E-state index in [1.54, 1.807) is 6.20 Å². The van der Waals surface area contributed by atoms with Crippen LogP contribution in [0.4, 0.5) is 4.39 Å². The molecule has 0 saturated carbocycles. The van der Waals surface area contributed by atoms with Crippen molar-refractivity contribution >= 4 is 11.6 Å². The van der Waals surface area contributed by atoms with Crippen LogP contribution >= 0.6 is 0 Å². The molecule has 1 amide bonds. The van der Waals surface area contributed by atoms with Gasteiger partial charge in [-0.2, -0.15) is 0 Å². The normalized spacial score (nSPS) is 22.5. The summed E-state index contributed by atoms with van der Waals surface area (Å²) in [6.07, 6.45) is 5.77. The number of aromatic nitrogens is 2. The second-order valence-corrected chi connectivity index (χ2v) is 7.95. The second kappa shape index (κ2) is 7.02. The largest absolute Gasteiger partial charge is 0.333 e. The molecule has 0 aliphatic carbocycles. The number of nitrogens with zero attached hydrogens (tertiary/aromatic N) is 4. The highest BCUT2D eigenvalue weighted by atomic mass is 19.1. The van der Waals surface area contributed by atoms with Gasteiger partial charge in [0.1, 0.15) is 17.2 Å². The molecule has 2 bridgehead atoms. The van der Waals surface area contributed by atoms with E-state index in [1.165, 1.54) is 12.1 Å². The van der Waals surface area contributed by atoms with Gasteiger partial charge >= 0.3 is 0 Å². The number of fused-ring (bicyclic) bond motifs is 5. The molecule has 28 heavy (non-hydrogen) atoms. The number of hydrogen-bond acceptors (Lipinski definition) is 3. The zero-order valence-corrected chi connectivity index (χ0v) is 15.7. The number of imidazole rings is 1. The van der Waals surface area contributed by atoms with Crippen LogP contribution in [-0.4, -0.2) is 50.8 Å². The van der Waals surface area contributed by atoms with Crippen LogP contribution in [0.15, 0.2) is 54.9 Å². The van der Waals surface area contributed by atoms with Gasteiger partial charge in [0.25, 0.3) is 5.91 Å². The first-order valence-electron chi connectivity index (χ1n) is 9.87. The maximum atomic E-state index is 13.3. The zero-order valence-electron chi connectivity index (χ0n) is 15.7. The van der Waals surface area contributed by atoms with E-state index in [2.05, 4.69) is 14.8 Å². The van der Waals surface area contributed by atoms with Gasteiger partial charge in [-0.3, -0.25) is 14.1 Å². The third kappa shape index (κ3) is 3.18. The maximum absolute atomic E-state index is 13.3. The number of benzene rings is 1. The van der Waals surface area contributed by atoms with E-state index in [4.69, 9.17) is 0 Å². The minimum absolute atomic E-state index is 0.0667. The third-order valence-corrected chi connectivity index (χ3v) is 6.01. The third-order valence-electron chi connectivity index (χ3n) is 6.01. The maximum Gasteiger partial charge on any atom is 0.272 e. The van der Waals surface area contributed by atoms with Gasteiger partial charge in [-0.25, -0.2) is 9.37 Å². The molecule has 6 rings (SSSR count). The van der Waals surface area contributed by atoms with Gasteiger partial charge in [0.05, 0.1) is 6.20 Å². The number of rotatable bonds is 3. The molecule has 3 aliphatic rings. The summed E-state index contributed by atoms with van der Waals surface area (Å²) in [7, 11) is 0. The Hall–Kier alpha value is -2.73. The lowest BCUT2D eigenvalue weighted by atomic mass is 9.95. The molecule has 3 aliphatic heterocycles. The van der Waals surface area contributed by atoms with Crippen LogP contribution in [0.2, 0.25) is 0 Å². The molecule has 3 fully saturated rings. The first kappa shape index (κ1) is 17.4. The number of halogens is 1. The van der Waals surface area contributed by atoms with Crippen LogP contribution in [-0.2, 0) is 6.54 Å². The van der Waals surface area contributed by atoms with E-state index >= 15 is 0 Å². The van der Waals surface area contributed by atoms with Crippen LogP contribution in [0, 0.1) is 11.7 Å². The average Bonchev–Trinajstić information content (AvgIpc) is 2.95. The van der Waals surface area contributed by atoms with Crippen LogP contribution < -0.4 is 0 Å². The number of piperidine rings is 1. The molecule has 0 radical (unpaired) electrons. The van der Waals surface area contributed by atoms with Crippen molar-refractivity contribution in [2.24, 2.45) is 5.92 Å². The molecular weight excluding hydrogens is 355 g/mol. The van der Waals surface area contributed by atoms with Gasteiger partial charge in [-0.05, 0) is 48.6 Å². The lowest BCUT2D eigenvalue weighted by molar-refractivity contribution is 0.0577. The molecule has 6 heteroatoms. The molecular formula is C22H23FN4O. The van der Waals surface area contributed by atoms with E-state index in [0.717, 1.165) is 50.2 Å². The molecule has 0 N–H and O–H groups in total. The minimum Gasteiger partial charge on any atom is -0.333 e. The summed E-state index contributed by atoms with van der Waals surface area (Å²) in [6, 6.07) is 12.7. The Kier molecular flexibility index (Phi) is 4.36. The van der Waals surface area contributed by atoms with Crippen molar-refractivity contribution in [2.45, 2.75) is 25.4 Å². The number of amides is 1. The summed E-state index contributed by atoms with van der Waals surface area (Å²) in [6.45, 7) is 3.43. The van der Waals surface area contributed by atoms with Crippen molar-refractivity contribution in [2.75, 3.05) is 19.6 Å². The van der Waals surface area contributed by atoms with E-state index in [0.29, 0.717) is 11.6 Å². The first-order chi connectivity index (χ1) is 13.7. The van der Waals surface area contributed by atoms with E-state index in [1.807, 2.05) is 40.9 Å². The lowest BCUT2D eigenvalue weighted by Crippen LogP contribution is -2.47. The Bertz CT molecular complexity index is 999. The highest BCUT2D eigenvalue weighted by Gasteiger charge is 2.38. The molecule has 1 aromatic carbocycles. The highest BCUT2D eigenvalue weighted by molar-refractivity contribution is 5.93. The van der Waals surface area contributed by atoms with Crippen molar-refractivity contribution in [3.8, 4) is 0 Å². The van der Waals surface area contributed by atoms with Crippen molar-refractivity contribution < 1.29 is 9.18 Å². The summed E-state index contributed by atoms with van der Waals surface area (Å²) in [5, 5.41) is 0. The minimum atomic E-state index is -0.204. The zero-order chi connectivity index (χ0) is 19.1. The molecule has 0 spiro atoms. The van der Waals surface area contributed by atoms with Crippen LogP contribution in [0.3, 0.4) is 0 Å². The highest BCUT2D eigenvalue weighted by Crippen LogP contribution is 2.30. The SMILES string of the molecule is O=C(c1cnc2ccccn12)N1C[C@H]2CC[C@@H]1CN(Cc1ccc(F)cc1)C2. The van der Waals surface area contributed by atoms with Gasteiger partial charge in [0.15, 0.2) is 0 Å². The summed E-state index contributed by atoms with van der Waals surface area (Å²) >= 11 is 0. The Morgan fingerprint density at radius 1 is 1.07 bits per heavy atom. The number of carbonyl (C=O) groups is 1. The second-order valence-electron chi connectivity index (χ2n) is 7.95. The van der Waals surface area contributed by atoms with Gasteiger partial charge in [-0.15, -0.1) is 0 Å². The Morgan fingerprint density at radius 3 is 2.79 bits per heavy atom. The predicted octanol–water partition coefficient (Wildman–Crippen LogP) is 3.21. The van der Waals surface area contributed by atoms with Crippen LogP contribution in [0.5, 0.6) is 0 Å². The van der Waals surface area contributed by atoms with Crippen molar-refractivity contribution in [3.63, 3.8) is 0 Å². The van der Waals surface area contributed by atoms with E-state index in [9.17, 15) is 9.18 Å². The van der Waals surface area contributed by atoms with Crippen molar-refractivity contribution in [3.05, 3.63) is 71.9 Å². The topological polar surface area (TPSA) is 40.9 Å². The van der Waals surface area contributed by atoms with Gasteiger partial charge < -0.3 is 4.90 Å². The molecule has 3 saturated heterocycles. The predicted molar refractivity (Wildman–Crippen MR) is 104 cm³/mol.